The number of halogens is 1. The summed E-state index contributed by atoms with van der Waals surface area (Å²) in [7, 11) is 0. The Morgan fingerprint density at radius 3 is 2.21 bits per heavy atom. The van der Waals surface area contributed by atoms with Crippen molar-refractivity contribution >= 4 is 39.5 Å². The normalized spacial score (nSPS) is 36.7. The lowest BCUT2D eigenvalue weighted by molar-refractivity contribution is -0.144. The number of likely N-dealkylation sites (tertiary alicyclic amines) is 1. The number of pyridine rings is 1. The van der Waals surface area contributed by atoms with E-state index in [0.29, 0.717) is 30.5 Å². The minimum absolute atomic E-state index is 0.0257. The summed E-state index contributed by atoms with van der Waals surface area (Å²) in [5, 5.41) is 2.87. The summed E-state index contributed by atoms with van der Waals surface area (Å²) in [6.07, 6.45) is 7.78. The highest BCUT2D eigenvalue weighted by Gasteiger charge is 2.61. The van der Waals surface area contributed by atoms with Crippen molar-refractivity contribution in [2.75, 3.05) is 5.32 Å². The monoisotopic (exact) mass is 445 g/mol. The van der Waals surface area contributed by atoms with Crippen molar-refractivity contribution in [3.05, 3.63) is 22.8 Å². The van der Waals surface area contributed by atoms with Crippen molar-refractivity contribution in [3.63, 3.8) is 0 Å². The summed E-state index contributed by atoms with van der Waals surface area (Å²) in [6, 6.07) is 3.58. The van der Waals surface area contributed by atoms with Gasteiger partial charge in [-0.1, -0.05) is 0 Å². The molecule has 1 saturated heterocycles. The maximum absolute atomic E-state index is 13.0. The van der Waals surface area contributed by atoms with Crippen molar-refractivity contribution in [3.8, 4) is 0 Å². The number of anilines is 1. The Hall–Kier alpha value is -1.76. The molecule has 2 bridgehead atoms. The number of rotatable bonds is 3. The van der Waals surface area contributed by atoms with Gasteiger partial charge in [-0.2, -0.15) is 0 Å². The van der Waals surface area contributed by atoms with E-state index in [0.717, 1.165) is 36.6 Å². The van der Waals surface area contributed by atoms with Crippen LogP contribution in [0.3, 0.4) is 0 Å². The number of imide groups is 1. The Kier molecular flexibility index (Phi) is 4.53. The Morgan fingerprint density at radius 2 is 1.64 bits per heavy atom. The number of hydrogen-bond acceptors (Lipinski definition) is 4. The molecule has 28 heavy (non-hydrogen) atoms. The van der Waals surface area contributed by atoms with Crippen LogP contribution in [0.2, 0.25) is 0 Å². The third kappa shape index (κ3) is 2.90. The molecule has 1 aromatic heterocycles. The van der Waals surface area contributed by atoms with Gasteiger partial charge in [0, 0.05) is 22.6 Å². The van der Waals surface area contributed by atoms with E-state index in [2.05, 4.69) is 26.2 Å². The van der Waals surface area contributed by atoms with Crippen molar-refractivity contribution in [1.82, 2.24) is 9.88 Å². The molecule has 1 aromatic rings. The minimum Gasteiger partial charge on any atom is -0.310 e. The molecule has 0 radical (unpaired) electrons. The summed E-state index contributed by atoms with van der Waals surface area (Å²) >= 11 is 3.33. The maximum Gasteiger partial charge on any atom is 0.233 e. The van der Waals surface area contributed by atoms with Gasteiger partial charge < -0.3 is 5.32 Å². The van der Waals surface area contributed by atoms with Gasteiger partial charge in [-0.25, -0.2) is 4.98 Å². The first kappa shape index (κ1) is 18.3. The predicted octanol–water partition coefficient (Wildman–Crippen LogP) is 3.37. The van der Waals surface area contributed by atoms with Crippen molar-refractivity contribution in [1.29, 1.82) is 0 Å². The summed E-state index contributed by atoms with van der Waals surface area (Å²) in [5.74, 6) is 1.35. The first-order valence-electron chi connectivity index (χ1n) is 10.3. The molecule has 2 heterocycles. The predicted molar refractivity (Wildman–Crippen MR) is 106 cm³/mol. The first-order valence-corrected chi connectivity index (χ1v) is 11.1. The molecule has 3 saturated carbocycles. The molecule has 3 aliphatic carbocycles. The molecular weight excluding hydrogens is 422 g/mol. The second kappa shape index (κ2) is 6.94. The third-order valence-electron chi connectivity index (χ3n) is 7.37. The molecule has 6 nitrogen and oxygen atoms in total. The number of carbonyl (C=O) groups excluding carboxylic acids is 3. The van der Waals surface area contributed by atoms with E-state index in [1.807, 2.05) is 6.07 Å². The summed E-state index contributed by atoms with van der Waals surface area (Å²) in [5.41, 5.74) is 0. The molecule has 3 amide bonds. The summed E-state index contributed by atoms with van der Waals surface area (Å²) < 4.78 is 0.865. The molecule has 5 rings (SSSR count). The van der Waals surface area contributed by atoms with Crippen LogP contribution < -0.4 is 5.32 Å². The highest BCUT2D eigenvalue weighted by molar-refractivity contribution is 9.10. The fourth-order valence-corrected chi connectivity index (χ4v) is 6.30. The lowest BCUT2D eigenvalue weighted by atomic mass is 9.81. The number of aromatic nitrogens is 1. The molecule has 0 unspecified atom stereocenters. The molecule has 0 aromatic carbocycles. The van der Waals surface area contributed by atoms with Crippen LogP contribution >= 0.6 is 15.9 Å². The molecule has 7 heteroatoms. The molecule has 1 N–H and O–H groups in total. The first-order chi connectivity index (χ1) is 13.5. The molecule has 4 atom stereocenters. The number of nitrogens with zero attached hydrogens (tertiary/aromatic N) is 2. The van der Waals surface area contributed by atoms with Crippen LogP contribution in [-0.4, -0.2) is 33.6 Å². The van der Waals surface area contributed by atoms with Gasteiger partial charge in [-0.3, -0.25) is 19.3 Å². The smallest absolute Gasteiger partial charge is 0.233 e. The van der Waals surface area contributed by atoms with Crippen LogP contribution in [-0.2, 0) is 14.4 Å². The molecule has 148 valence electrons. The van der Waals surface area contributed by atoms with E-state index in [-0.39, 0.29) is 41.5 Å². The zero-order chi connectivity index (χ0) is 19.4. The second-order valence-electron chi connectivity index (χ2n) is 8.79. The van der Waals surface area contributed by atoms with E-state index in [4.69, 9.17) is 0 Å². The summed E-state index contributed by atoms with van der Waals surface area (Å²) in [4.78, 5) is 44.3. The quantitative estimate of drug-likeness (QED) is 0.723. The summed E-state index contributed by atoms with van der Waals surface area (Å²) in [6.45, 7) is 0. The number of carbonyl (C=O) groups is 3. The van der Waals surface area contributed by atoms with E-state index in [1.54, 1.807) is 17.2 Å². The largest absolute Gasteiger partial charge is 0.310 e. The highest BCUT2D eigenvalue weighted by Crippen LogP contribution is 2.56. The zero-order valence-corrected chi connectivity index (χ0v) is 17.2. The standard InChI is InChI=1S/C21H24BrN3O3/c22-14-5-8-16(23-10-14)24-19(26)11-3-6-15(7-4-11)25-20(27)17-12-1-2-13(9-12)18(17)21(25)28/h5,8,10-13,15,17-18H,1-4,6-7,9H2,(H,23,24,26)/t11?,12-,13+,15?,17-,18+. The van der Waals surface area contributed by atoms with Crippen LogP contribution in [0.4, 0.5) is 5.82 Å². The van der Waals surface area contributed by atoms with Gasteiger partial charge in [0.25, 0.3) is 0 Å². The van der Waals surface area contributed by atoms with Gasteiger partial charge in [0.1, 0.15) is 5.82 Å². The van der Waals surface area contributed by atoms with Crippen LogP contribution in [0.5, 0.6) is 0 Å². The molecule has 4 fully saturated rings. The molecule has 1 aliphatic heterocycles. The van der Waals surface area contributed by atoms with Crippen molar-refractivity contribution in [2.24, 2.45) is 29.6 Å². The third-order valence-corrected chi connectivity index (χ3v) is 7.84. The minimum atomic E-state index is -0.0924. The number of hydrogen-bond donors (Lipinski definition) is 1. The highest BCUT2D eigenvalue weighted by atomic mass is 79.9. The van der Waals surface area contributed by atoms with Gasteiger partial charge in [-0.15, -0.1) is 0 Å². The maximum atomic E-state index is 13.0. The molecule has 4 aliphatic rings. The van der Waals surface area contributed by atoms with Gasteiger partial charge in [0.05, 0.1) is 11.8 Å². The Balaban J connectivity index is 1.20. The van der Waals surface area contributed by atoms with Crippen LogP contribution in [0.1, 0.15) is 44.9 Å². The fourth-order valence-electron chi connectivity index (χ4n) is 6.07. The van der Waals surface area contributed by atoms with Gasteiger partial charge in [0.2, 0.25) is 17.7 Å². The Bertz CT molecular complexity index is 791. The van der Waals surface area contributed by atoms with Crippen LogP contribution in [0.25, 0.3) is 0 Å². The van der Waals surface area contributed by atoms with Crippen molar-refractivity contribution < 1.29 is 14.4 Å². The molecule has 0 spiro atoms. The number of amides is 3. The van der Waals surface area contributed by atoms with Gasteiger partial charge in [0.15, 0.2) is 0 Å². The Labute approximate surface area is 172 Å². The van der Waals surface area contributed by atoms with Crippen molar-refractivity contribution in [2.45, 2.75) is 51.0 Å². The SMILES string of the molecule is O=C(Nc1ccc(Br)cn1)C1CCC(N2C(=O)[C@@H]3[C@@H]4CC[C@@H](C4)[C@@H]3C2=O)CC1. The van der Waals surface area contributed by atoms with Gasteiger partial charge in [-0.05, 0) is 84.8 Å². The van der Waals surface area contributed by atoms with E-state index < -0.39 is 0 Å². The second-order valence-corrected chi connectivity index (χ2v) is 9.70. The average Bonchev–Trinajstić information content (AvgIpc) is 3.38. The fraction of sp³-hybridized carbons (Fsp3) is 0.619. The van der Waals surface area contributed by atoms with E-state index in [9.17, 15) is 14.4 Å². The topological polar surface area (TPSA) is 79.4 Å². The van der Waals surface area contributed by atoms with Gasteiger partial charge >= 0.3 is 0 Å². The zero-order valence-electron chi connectivity index (χ0n) is 15.6. The Morgan fingerprint density at radius 1 is 1.00 bits per heavy atom. The average molecular weight is 446 g/mol. The number of nitrogens with one attached hydrogen (secondary N) is 1. The van der Waals surface area contributed by atoms with E-state index in [1.165, 1.54) is 0 Å². The molecular formula is C21H24BrN3O3. The van der Waals surface area contributed by atoms with Crippen LogP contribution in [0, 0.1) is 29.6 Å². The lowest BCUT2D eigenvalue weighted by Gasteiger charge is -2.33. The van der Waals surface area contributed by atoms with E-state index >= 15 is 0 Å². The lowest BCUT2D eigenvalue weighted by Crippen LogP contribution is -2.44. The number of fused-ring (bicyclic) bond motifs is 5. The van der Waals surface area contributed by atoms with Crippen LogP contribution in [0.15, 0.2) is 22.8 Å².